The van der Waals surface area contributed by atoms with Crippen molar-refractivity contribution in [2.24, 2.45) is 0 Å². The average molecular weight is 630 g/mol. The number of nitrogen functional groups attached to an aromatic ring is 1. The van der Waals surface area contributed by atoms with E-state index >= 15 is 0 Å². The molecule has 0 aliphatic carbocycles. The predicted octanol–water partition coefficient (Wildman–Crippen LogP) is 4.16. The van der Waals surface area contributed by atoms with Crippen LogP contribution < -0.4 is 15.3 Å². The minimum atomic E-state index is -4.37. The number of aliphatic hydroxyl groups is 2. The third-order valence-corrected chi connectivity index (χ3v) is 8.76. The Hall–Kier alpha value is -3.58. The summed E-state index contributed by atoms with van der Waals surface area (Å²) in [5.74, 6) is -0.0812. The molecule has 4 aromatic rings. The summed E-state index contributed by atoms with van der Waals surface area (Å²) in [6.07, 6.45) is -0.481. The number of nitrogens with zero attached hydrogens (tertiary/aromatic N) is 3. The summed E-state index contributed by atoms with van der Waals surface area (Å²) in [5.41, 5.74) is 6.44. The van der Waals surface area contributed by atoms with Crippen LogP contribution in [-0.2, 0) is 30.1 Å². The van der Waals surface area contributed by atoms with Crippen LogP contribution in [0, 0.1) is 0 Å². The molecule has 238 valence electrons. The van der Waals surface area contributed by atoms with Gasteiger partial charge >= 0.3 is 13.7 Å². The number of nitrogens with two attached hydrogens (primary N) is 1. The van der Waals surface area contributed by atoms with Gasteiger partial charge < -0.3 is 34.5 Å². The third-order valence-electron chi connectivity index (χ3n) is 7.01. The fourth-order valence-electron chi connectivity index (χ4n) is 4.57. The first-order valence-electron chi connectivity index (χ1n) is 14.5. The van der Waals surface area contributed by atoms with Crippen LogP contribution in [0.2, 0.25) is 0 Å². The maximum absolute atomic E-state index is 14.4. The van der Waals surface area contributed by atoms with Crippen LogP contribution in [0.15, 0.2) is 61.1 Å². The Labute approximate surface area is 255 Å². The lowest BCUT2D eigenvalue weighted by atomic mass is 10.1. The first-order chi connectivity index (χ1) is 21.0. The van der Waals surface area contributed by atoms with Gasteiger partial charge in [-0.3, -0.25) is 9.32 Å². The summed E-state index contributed by atoms with van der Waals surface area (Å²) in [5, 5.41) is 26.0. The van der Waals surface area contributed by atoms with Crippen LogP contribution in [0.1, 0.15) is 40.5 Å². The Morgan fingerprint density at radius 3 is 2.57 bits per heavy atom. The van der Waals surface area contributed by atoms with Crippen molar-refractivity contribution in [3.8, 4) is 5.75 Å². The van der Waals surface area contributed by atoms with Gasteiger partial charge in [0.25, 0.3) is 0 Å². The third kappa shape index (κ3) is 8.12. The molecule has 2 aromatic heterocycles. The Morgan fingerprint density at radius 1 is 1.07 bits per heavy atom. The Morgan fingerprint density at radius 2 is 1.82 bits per heavy atom. The second kappa shape index (κ2) is 14.9. The summed E-state index contributed by atoms with van der Waals surface area (Å²) >= 11 is 0. The van der Waals surface area contributed by atoms with Crippen LogP contribution in [0.4, 0.5) is 5.82 Å². The predicted molar refractivity (Wildman–Crippen MR) is 166 cm³/mol. The molecule has 5 N–H and O–H groups in total. The number of hydrogen-bond acceptors (Lipinski definition) is 11. The van der Waals surface area contributed by atoms with Gasteiger partial charge in [0.15, 0.2) is 0 Å². The number of benzene rings is 2. The molecule has 0 aliphatic rings. The maximum Gasteiger partial charge on any atom is 0.459 e. The standard InChI is InChI=1S/C30H40N5O8P/c1-5-6-16-40-30(38)19(2)34-44(39,43-25-13-9-11-22-10-7-8-12-23(22)25)42-21(4)27(26(37)20(3)36)41-18-35-15-14-24-28(31)32-17-33-29(24)35/h7-15,17,19-21,26-27,36-37H,5-6,16,18H2,1-4H3,(H,34,39)(H2,31,32,33). The lowest BCUT2D eigenvalue weighted by Gasteiger charge is -2.33. The number of rotatable bonds is 16. The zero-order valence-corrected chi connectivity index (χ0v) is 26.1. The van der Waals surface area contributed by atoms with Gasteiger partial charge in [-0.05, 0) is 44.7 Å². The van der Waals surface area contributed by atoms with Crippen LogP contribution in [0.5, 0.6) is 5.75 Å². The van der Waals surface area contributed by atoms with E-state index in [-0.39, 0.29) is 19.1 Å². The number of ether oxygens (including phenoxy) is 2. The first kappa shape index (κ1) is 33.3. The molecule has 13 nitrogen and oxygen atoms in total. The van der Waals surface area contributed by atoms with Crippen molar-refractivity contribution in [1.82, 2.24) is 19.6 Å². The summed E-state index contributed by atoms with van der Waals surface area (Å²) in [6.45, 7) is 6.48. The highest BCUT2D eigenvalue weighted by Gasteiger charge is 2.39. The van der Waals surface area contributed by atoms with E-state index in [0.717, 1.165) is 11.8 Å². The van der Waals surface area contributed by atoms with Gasteiger partial charge in [0, 0.05) is 11.6 Å². The molecule has 44 heavy (non-hydrogen) atoms. The Bertz CT molecular complexity index is 1590. The van der Waals surface area contributed by atoms with Gasteiger partial charge in [-0.2, -0.15) is 5.09 Å². The molecule has 0 bridgehead atoms. The fraction of sp³-hybridized carbons (Fsp3) is 0.433. The SMILES string of the molecule is CCCCOC(=O)C(C)NP(=O)(Oc1cccc2ccccc12)OC(C)C(OCn1ccc2c(N)ncnc21)C(O)C(C)O. The highest BCUT2D eigenvalue weighted by Crippen LogP contribution is 2.48. The van der Waals surface area contributed by atoms with E-state index in [0.29, 0.717) is 28.7 Å². The van der Waals surface area contributed by atoms with Gasteiger partial charge in [-0.25, -0.2) is 14.5 Å². The van der Waals surface area contributed by atoms with E-state index < -0.39 is 44.2 Å². The van der Waals surface area contributed by atoms with E-state index in [1.807, 2.05) is 37.3 Å². The molecule has 0 spiro atoms. The van der Waals surface area contributed by atoms with Gasteiger partial charge in [-0.1, -0.05) is 49.7 Å². The highest BCUT2D eigenvalue weighted by atomic mass is 31.2. The number of nitrogens with one attached hydrogen (secondary N) is 1. The minimum Gasteiger partial charge on any atom is -0.465 e. The summed E-state index contributed by atoms with van der Waals surface area (Å²) in [7, 11) is -4.37. The lowest BCUT2D eigenvalue weighted by Crippen LogP contribution is -2.46. The Kier molecular flexibility index (Phi) is 11.3. The quantitative estimate of drug-likeness (QED) is 0.0791. The molecule has 2 aromatic carbocycles. The first-order valence-corrected chi connectivity index (χ1v) is 16.0. The molecule has 6 unspecified atom stereocenters. The smallest absolute Gasteiger partial charge is 0.459 e. The van der Waals surface area contributed by atoms with Crippen molar-refractivity contribution in [2.75, 3.05) is 12.3 Å². The summed E-state index contributed by atoms with van der Waals surface area (Å²) in [4.78, 5) is 20.9. The number of carbonyl (C=O) groups is 1. The zero-order chi connectivity index (χ0) is 31.9. The van der Waals surface area contributed by atoms with Crippen LogP contribution >= 0.6 is 7.75 Å². The molecular formula is C30H40N5O8P. The molecular weight excluding hydrogens is 589 g/mol. The van der Waals surface area contributed by atoms with E-state index in [1.165, 1.54) is 27.1 Å². The molecule has 0 aliphatic heterocycles. The van der Waals surface area contributed by atoms with Crippen LogP contribution in [0.3, 0.4) is 0 Å². The van der Waals surface area contributed by atoms with E-state index in [1.54, 1.807) is 29.0 Å². The molecule has 4 rings (SSSR count). The largest absolute Gasteiger partial charge is 0.465 e. The minimum absolute atomic E-state index is 0.121. The van der Waals surface area contributed by atoms with Crippen molar-refractivity contribution < 1.29 is 38.1 Å². The number of hydrogen-bond donors (Lipinski definition) is 4. The van der Waals surface area contributed by atoms with Crippen molar-refractivity contribution in [2.45, 2.75) is 77.7 Å². The second-order valence-electron chi connectivity index (χ2n) is 10.5. The molecule has 0 radical (unpaired) electrons. The molecule has 14 heteroatoms. The van der Waals surface area contributed by atoms with E-state index in [4.69, 9.17) is 24.3 Å². The Balaban J connectivity index is 1.61. The molecule has 0 amide bonds. The number of unbranched alkanes of at least 4 members (excludes halogenated alkanes) is 1. The van der Waals surface area contributed by atoms with Gasteiger partial charge in [0.2, 0.25) is 0 Å². The topological polar surface area (TPSA) is 180 Å². The van der Waals surface area contributed by atoms with Crippen molar-refractivity contribution in [3.63, 3.8) is 0 Å². The molecule has 0 saturated carbocycles. The second-order valence-corrected chi connectivity index (χ2v) is 12.2. The number of aliphatic hydroxyl groups excluding tert-OH is 2. The zero-order valence-electron chi connectivity index (χ0n) is 25.2. The number of esters is 1. The monoisotopic (exact) mass is 629 g/mol. The molecule has 0 fully saturated rings. The van der Waals surface area contributed by atoms with Gasteiger partial charge in [-0.15, -0.1) is 0 Å². The van der Waals surface area contributed by atoms with Crippen molar-refractivity contribution in [1.29, 1.82) is 0 Å². The average Bonchev–Trinajstić information content (AvgIpc) is 3.41. The number of carbonyl (C=O) groups excluding carboxylic acids is 1. The molecule has 2 heterocycles. The van der Waals surface area contributed by atoms with Crippen LogP contribution in [-0.4, -0.2) is 67.8 Å². The maximum atomic E-state index is 14.4. The van der Waals surface area contributed by atoms with Gasteiger partial charge in [0.05, 0.1) is 24.2 Å². The van der Waals surface area contributed by atoms with Gasteiger partial charge in [0.1, 0.15) is 48.5 Å². The molecule has 6 atom stereocenters. The summed E-state index contributed by atoms with van der Waals surface area (Å²) in [6, 6.07) is 13.3. The molecule has 0 saturated heterocycles. The van der Waals surface area contributed by atoms with Crippen molar-refractivity contribution in [3.05, 3.63) is 61.1 Å². The fourth-order valence-corrected chi connectivity index (χ4v) is 6.29. The van der Waals surface area contributed by atoms with Crippen molar-refractivity contribution >= 4 is 41.3 Å². The lowest BCUT2D eigenvalue weighted by molar-refractivity contribution is -0.145. The number of fused-ring (bicyclic) bond motifs is 2. The summed E-state index contributed by atoms with van der Waals surface area (Å²) < 4.78 is 39.4. The number of aromatic nitrogens is 3. The van der Waals surface area contributed by atoms with Crippen LogP contribution in [0.25, 0.3) is 21.8 Å². The van der Waals surface area contributed by atoms with E-state index in [2.05, 4.69) is 15.1 Å². The normalized spacial score (nSPS) is 16.6. The highest BCUT2D eigenvalue weighted by molar-refractivity contribution is 7.52. The number of anilines is 1. The van der Waals surface area contributed by atoms with E-state index in [9.17, 15) is 19.6 Å².